The monoisotopic (exact) mass is 597 g/mol. The number of hydrazine groups is 2. The zero-order valence-electron chi connectivity index (χ0n) is 23.8. The van der Waals surface area contributed by atoms with Crippen molar-refractivity contribution in [3.8, 4) is 6.07 Å². The fourth-order valence-electron chi connectivity index (χ4n) is 5.41. The van der Waals surface area contributed by atoms with Crippen LogP contribution in [0.15, 0.2) is 84.8 Å². The number of halogens is 2. The van der Waals surface area contributed by atoms with Crippen LogP contribution in [0.25, 0.3) is 10.9 Å². The third-order valence-electron chi connectivity index (χ3n) is 7.76. The summed E-state index contributed by atoms with van der Waals surface area (Å²) >= 11 is 13.6. The van der Waals surface area contributed by atoms with Gasteiger partial charge >= 0.3 is 0 Å². The van der Waals surface area contributed by atoms with E-state index in [1.54, 1.807) is 6.20 Å². The number of fused-ring (bicyclic) bond motifs is 1. The number of anilines is 2. The number of nitrogens with zero attached hydrogens (tertiary/aromatic N) is 3. The number of pyridine rings is 1. The summed E-state index contributed by atoms with van der Waals surface area (Å²) < 4.78 is 0. The third kappa shape index (κ3) is 5.46. The number of nitrogens with one attached hydrogen (secondary N) is 4. The smallest absolute Gasteiger partial charge is 0.103 e. The van der Waals surface area contributed by atoms with Crippen molar-refractivity contribution in [1.82, 2.24) is 21.0 Å². The van der Waals surface area contributed by atoms with Gasteiger partial charge in [0.05, 0.1) is 39.1 Å². The van der Waals surface area contributed by atoms with Gasteiger partial charge in [-0.25, -0.2) is 0 Å². The lowest BCUT2D eigenvalue weighted by Crippen LogP contribution is -2.43. The van der Waals surface area contributed by atoms with Crippen LogP contribution in [-0.2, 0) is 5.54 Å². The van der Waals surface area contributed by atoms with Crippen molar-refractivity contribution in [2.75, 3.05) is 17.2 Å². The molecule has 3 aromatic carbocycles. The molecule has 1 atom stereocenters. The molecule has 1 aliphatic carbocycles. The largest absolute Gasteiger partial charge is 0.383 e. The minimum atomic E-state index is -0.325. The lowest BCUT2D eigenvalue weighted by Gasteiger charge is -2.27. The van der Waals surface area contributed by atoms with Crippen LogP contribution in [0.2, 0.25) is 10.0 Å². The van der Waals surface area contributed by atoms with Crippen LogP contribution in [0.5, 0.6) is 0 Å². The molecule has 1 aliphatic heterocycles. The molecular weight excluding hydrogens is 565 g/mol. The van der Waals surface area contributed by atoms with Crippen molar-refractivity contribution in [1.29, 1.82) is 5.26 Å². The van der Waals surface area contributed by atoms with E-state index in [4.69, 9.17) is 23.2 Å². The predicted octanol–water partition coefficient (Wildman–Crippen LogP) is 7.88. The Bertz CT molecular complexity index is 1700. The fourth-order valence-corrected chi connectivity index (χ4v) is 5.92. The molecular formula is C33H33Cl2N7. The highest BCUT2D eigenvalue weighted by atomic mass is 35.5. The van der Waals surface area contributed by atoms with E-state index in [2.05, 4.69) is 88.9 Å². The van der Waals surface area contributed by atoms with Gasteiger partial charge < -0.3 is 16.1 Å². The van der Waals surface area contributed by atoms with E-state index in [1.165, 1.54) is 5.56 Å². The van der Waals surface area contributed by atoms with Crippen LogP contribution >= 0.6 is 23.2 Å². The number of aromatic nitrogens is 1. The van der Waals surface area contributed by atoms with Gasteiger partial charge in [-0.3, -0.25) is 9.99 Å². The Kier molecular flexibility index (Phi) is 7.40. The van der Waals surface area contributed by atoms with Gasteiger partial charge in [0, 0.05) is 35.0 Å². The van der Waals surface area contributed by atoms with Gasteiger partial charge in [-0.1, -0.05) is 92.5 Å². The summed E-state index contributed by atoms with van der Waals surface area (Å²) in [6, 6.07) is 24.2. The van der Waals surface area contributed by atoms with Gasteiger partial charge in [0.1, 0.15) is 6.07 Å². The number of benzene rings is 3. The van der Waals surface area contributed by atoms with E-state index in [9.17, 15) is 5.26 Å². The summed E-state index contributed by atoms with van der Waals surface area (Å²) in [5.74, 6) is 0. The van der Waals surface area contributed by atoms with Crippen molar-refractivity contribution < 1.29 is 0 Å². The van der Waals surface area contributed by atoms with E-state index >= 15 is 0 Å². The van der Waals surface area contributed by atoms with Crippen molar-refractivity contribution in [2.45, 2.75) is 45.2 Å². The highest BCUT2D eigenvalue weighted by molar-refractivity contribution is 6.36. The van der Waals surface area contributed by atoms with Crippen LogP contribution in [0.3, 0.4) is 0 Å². The molecule has 0 radical (unpaired) electrons. The summed E-state index contributed by atoms with van der Waals surface area (Å²) in [4.78, 5) is 4.52. The Morgan fingerprint density at radius 1 is 1.05 bits per heavy atom. The molecule has 4 N–H and O–H groups in total. The second kappa shape index (κ2) is 11.0. The molecule has 7 nitrogen and oxygen atoms in total. The highest BCUT2D eigenvalue weighted by Gasteiger charge is 2.50. The van der Waals surface area contributed by atoms with Gasteiger partial charge in [0.2, 0.25) is 0 Å². The average molecular weight is 599 g/mol. The number of hydrogen-bond acceptors (Lipinski definition) is 7. The average Bonchev–Trinajstić information content (AvgIpc) is 3.64. The minimum Gasteiger partial charge on any atom is -0.383 e. The molecule has 1 aromatic heterocycles. The fraction of sp³-hybridized carbons (Fsp3) is 0.273. The van der Waals surface area contributed by atoms with Crippen LogP contribution in [0.1, 0.15) is 56.3 Å². The molecule has 42 heavy (non-hydrogen) atoms. The second-order valence-electron chi connectivity index (χ2n) is 12.1. The molecule has 0 saturated heterocycles. The Labute approximate surface area is 256 Å². The van der Waals surface area contributed by atoms with Crippen LogP contribution in [0, 0.1) is 16.7 Å². The molecule has 1 saturated carbocycles. The molecule has 0 bridgehead atoms. The first-order valence-electron chi connectivity index (χ1n) is 14.0. The number of rotatable bonds is 8. The predicted molar refractivity (Wildman–Crippen MR) is 171 cm³/mol. The maximum atomic E-state index is 9.87. The minimum absolute atomic E-state index is 0.00922. The Hall–Kier alpha value is -3.96. The Morgan fingerprint density at radius 3 is 2.48 bits per heavy atom. The van der Waals surface area contributed by atoms with E-state index in [0.717, 1.165) is 40.9 Å². The maximum Gasteiger partial charge on any atom is 0.103 e. The molecule has 9 heteroatoms. The van der Waals surface area contributed by atoms with Gasteiger partial charge in [-0.05, 0) is 47.6 Å². The Morgan fingerprint density at radius 2 is 1.79 bits per heavy atom. The van der Waals surface area contributed by atoms with E-state index in [1.807, 2.05) is 42.5 Å². The van der Waals surface area contributed by atoms with Gasteiger partial charge in [-0.15, -0.1) is 5.53 Å². The third-order valence-corrected chi connectivity index (χ3v) is 8.40. The van der Waals surface area contributed by atoms with Crippen molar-refractivity contribution in [3.05, 3.63) is 112 Å². The summed E-state index contributed by atoms with van der Waals surface area (Å²) in [6.07, 6.45) is 5.80. The zero-order valence-corrected chi connectivity index (χ0v) is 25.3. The first-order chi connectivity index (χ1) is 20.2. The van der Waals surface area contributed by atoms with Crippen molar-refractivity contribution in [2.24, 2.45) is 5.41 Å². The molecule has 4 aromatic rings. The van der Waals surface area contributed by atoms with E-state index in [-0.39, 0.29) is 17.0 Å². The second-order valence-corrected chi connectivity index (χ2v) is 12.9. The summed E-state index contributed by atoms with van der Waals surface area (Å²) in [7, 11) is 0. The SMILES string of the molecule is CC(C)(C)CNc1c(C#N)cnc2c(Cl)cc(NC(C3=CN(C4(c5ccccc5)CC4)NN3)c3ccccc3Cl)cc12. The molecule has 2 heterocycles. The lowest BCUT2D eigenvalue weighted by molar-refractivity contribution is 0.176. The lowest BCUT2D eigenvalue weighted by atomic mass is 9.96. The van der Waals surface area contributed by atoms with Gasteiger partial charge in [0.25, 0.3) is 0 Å². The van der Waals surface area contributed by atoms with Crippen LogP contribution in [-0.4, -0.2) is 16.5 Å². The van der Waals surface area contributed by atoms with Gasteiger partial charge in [0.15, 0.2) is 0 Å². The normalized spacial score (nSPS) is 16.4. The highest BCUT2D eigenvalue weighted by Crippen LogP contribution is 2.51. The molecule has 2 aliphatic rings. The summed E-state index contributed by atoms with van der Waals surface area (Å²) in [5.41, 5.74) is 12.4. The molecule has 214 valence electrons. The Balaban J connectivity index is 1.40. The molecule has 0 amide bonds. The van der Waals surface area contributed by atoms with E-state index in [0.29, 0.717) is 27.7 Å². The number of nitriles is 1. The first kappa shape index (κ1) is 28.2. The zero-order chi connectivity index (χ0) is 29.5. The maximum absolute atomic E-state index is 9.87. The number of hydrogen-bond donors (Lipinski definition) is 4. The van der Waals surface area contributed by atoms with Crippen molar-refractivity contribution >= 4 is 45.5 Å². The molecule has 1 unspecified atom stereocenters. The summed E-state index contributed by atoms with van der Waals surface area (Å²) in [5, 5.41) is 21.1. The topological polar surface area (TPSA) is 88.0 Å². The molecule has 0 spiro atoms. The molecule has 1 fully saturated rings. The van der Waals surface area contributed by atoms with Crippen LogP contribution < -0.4 is 21.6 Å². The standard InChI is InChI=1S/C33H33Cl2N7/c1-32(2,3)20-38-29-21(17-36)18-37-30-25(29)15-23(16-27(30)35)39-31(24-11-7-8-12-26(24)34)28-19-42(41-40-28)33(13-14-33)22-9-5-4-6-10-22/h4-12,15-16,18-19,31,39-41H,13-14,20H2,1-3H3,(H,37,38). The van der Waals surface area contributed by atoms with Crippen molar-refractivity contribution in [3.63, 3.8) is 0 Å². The van der Waals surface area contributed by atoms with Crippen LogP contribution in [0.4, 0.5) is 11.4 Å². The van der Waals surface area contributed by atoms with Gasteiger partial charge in [-0.2, -0.15) is 5.26 Å². The quantitative estimate of drug-likeness (QED) is 0.164. The summed E-state index contributed by atoms with van der Waals surface area (Å²) in [6.45, 7) is 7.12. The first-order valence-corrected chi connectivity index (χ1v) is 14.8. The van der Waals surface area contributed by atoms with E-state index < -0.39 is 0 Å². The molecule has 6 rings (SSSR count).